The number of aliphatic hydroxyl groups is 3. The number of aliphatic hydroxyl groups excluding tert-OH is 3. The van der Waals surface area contributed by atoms with E-state index in [-0.39, 0.29) is 58.7 Å². The number of aromatic hydroxyl groups is 3. The number of phenolic OH excluding ortho intramolecular Hbond substituents is 3. The number of fused-ring (bicyclic) bond motifs is 5. The number of aromatic amines is 1. The van der Waals surface area contributed by atoms with Crippen molar-refractivity contribution in [3.8, 4) is 28.7 Å². The number of hydrogen-bond donors (Lipinski definition) is 8. The number of carbonyl (C=O) groups is 1. The quantitative estimate of drug-likeness (QED) is 0.0572. The second-order valence-electron chi connectivity index (χ2n) is 27.7. The molecule has 15 heteroatoms. The van der Waals surface area contributed by atoms with Crippen LogP contribution in [0, 0.1) is 29.6 Å². The molecule has 92 heavy (non-hydrogen) atoms. The smallest absolute Gasteiger partial charge is 0.164 e. The minimum Gasteiger partial charge on any atom is -0.508 e. The van der Waals surface area contributed by atoms with Gasteiger partial charge >= 0.3 is 0 Å². The van der Waals surface area contributed by atoms with Crippen molar-refractivity contribution in [1.29, 1.82) is 0 Å². The first kappa shape index (κ1) is 65.4. The second kappa shape index (κ2) is 28.2. The van der Waals surface area contributed by atoms with Gasteiger partial charge in [0.25, 0.3) is 0 Å². The number of nitrogens with one attached hydrogen (secondary N) is 2. The number of aryl methyl sites for hydroxylation is 1. The average molecular weight is 1320 g/mol. The zero-order valence-corrected chi connectivity index (χ0v) is 56.8. The first-order valence-corrected chi connectivity index (χ1v) is 38.9. The molecule has 8 N–H and O–H groups in total. The largest absolute Gasteiger partial charge is 0.508 e. The van der Waals surface area contributed by atoms with Gasteiger partial charge in [0.2, 0.25) is 0 Å². The number of phenols is 3. The zero-order chi connectivity index (χ0) is 63.7. The van der Waals surface area contributed by atoms with E-state index in [2.05, 4.69) is 77.9 Å². The summed E-state index contributed by atoms with van der Waals surface area (Å²) in [7, 11) is 10.3. The summed E-state index contributed by atoms with van der Waals surface area (Å²) in [6.07, 6.45) is 16.6. The van der Waals surface area contributed by atoms with Crippen molar-refractivity contribution in [3.05, 3.63) is 183 Å². The van der Waals surface area contributed by atoms with E-state index in [0.717, 1.165) is 132 Å². The van der Waals surface area contributed by atoms with Crippen LogP contribution in [0.15, 0.2) is 128 Å². The molecule has 6 aliphatic rings. The summed E-state index contributed by atoms with van der Waals surface area (Å²) in [4.78, 5) is 21.2. The monoisotopic (exact) mass is 1320 g/mol. The summed E-state index contributed by atoms with van der Waals surface area (Å²) in [5.74, 6) is -0.324. The molecule has 4 aliphatic carbocycles. The van der Waals surface area contributed by atoms with Crippen molar-refractivity contribution in [2.45, 2.75) is 168 Å². The Morgan fingerprint density at radius 1 is 0.750 bits per heavy atom. The minimum absolute atomic E-state index is 0.00449. The molecule has 12 unspecified atom stereocenters. The molecule has 6 aromatic carbocycles. The zero-order valence-electron chi connectivity index (χ0n) is 53.5. The van der Waals surface area contributed by atoms with Crippen LogP contribution in [0.4, 0.5) is 0 Å². The summed E-state index contributed by atoms with van der Waals surface area (Å²) >= 11 is 0. The first-order valence-electron chi connectivity index (χ1n) is 34.0. The third-order valence-corrected chi connectivity index (χ3v) is 28.4. The van der Waals surface area contributed by atoms with Crippen molar-refractivity contribution in [1.82, 2.24) is 10.3 Å². The predicted molar refractivity (Wildman–Crippen MR) is 377 cm³/mol. The maximum absolute atomic E-state index is 18.0. The highest BCUT2D eigenvalue weighted by molar-refractivity contribution is 8.77. The van der Waals surface area contributed by atoms with E-state index in [1.165, 1.54) is 24.8 Å². The first-order chi connectivity index (χ1) is 44.8. The van der Waals surface area contributed by atoms with Gasteiger partial charge in [0.15, 0.2) is 28.8 Å². The molecular weight excluding hydrogens is 1230 g/mol. The van der Waals surface area contributed by atoms with Gasteiger partial charge in [-0.25, -0.2) is 0 Å². The lowest BCUT2D eigenvalue weighted by Gasteiger charge is -2.53. The Morgan fingerprint density at radius 3 is 2.33 bits per heavy atom. The van der Waals surface area contributed by atoms with Gasteiger partial charge < -0.3 is 50.4 Å². The topological polar surface area (TPSA) is 185 Å². The Balaban J connectivity index is 1.01. The lowest BCUT2D eigenvalue weighted by atomic mass is 9.52. The summed E-state index contributed by atoms with van der Waals surface area (Å²) < 4.78 is 13.1. The van der Waals surface area contributed by atoms with Crippen LogP contribution < -0.4 is 14.8 Å². The molecule has 1 aromatic heterocycles. The fraction of sp³-hybridized carbons (Fsp3) is 0.494. The van der Waals surface area contributed by atoms with E-state index in [4.69, 9.17) is 9.47 Å². The molecule has 2 aliphatic heterocycles. The van der Waals surface area contributed by atoms with Crippen LogP contribution in [0.2, 0.25) is 0 Å². The summed E-state index contributed by atoms with van der Waals surface area (Å²) in [5.41, 5.74) is 6.96. The van der Waals surface area contributed by atoms with E-state index >= 15 is 4.79 Å². The number of Topliss-reactive ketones (excluding diaryl/α,β-unsaturated/α-hetero) is 1. The molecule has 4 fully saturated rings. The van der Waals surface area contributed by atoms with Crippen LogP contribution in [0.1, 0.15) is 164 Å². The van der Waals surface area contributed by atoms with Crippen molar-refractivity contribution >= 4 is 59.7 Å². The molecule has 13 rings (SSSR count). The van der Waals surface area contributed by atoms with Crippen LogP contribution in [0.25, 0.3) is 10.8 Å². The number of rotatable bonds is 11. The van der Waals surface area contributed by atoms with E-state index in [0.29, 0.717) is 53.7 Å². The fourth-order valence-corrected chi connectivity index (χ4v) is 24.0. The number of hydrogen-bond acceptors (Lipinski definition) is 14. The highest BCUT2D eigenvalue weighted by atomic mass is 33.1. The Hall–Kier alpha value is -5.23. The lowest BCUT2D eigenvalue weighted by molar-refractivity contribution is -0.150. The number of ketones is 1. The molecule has 488 valence electrons. The second-order valence-corrected chi connectivity index (χ2v) is 32.8. The number of ether oxygens (including phenoxy) is 2. The Morgan fingerprint density at radius 2 is 1.54 bits per heavy atom. The maximum atomic E-state index is 18.0. The van der Waals surface area contributed by atoms with Crippen LogP contribution in [-0.2, 0) is 46.8 Å². The third-order valence-electron chi connectivity index (χ3n) is 23.0. The van der Waals surface area contributed by atoms with Gasteiger partial charge in [-0.15, -0.1) is 0 Å². The summed E-state index contributed by atoms with van der Waals surface area (Å²) in [6.45, 7) is 1.99. The number of H-pyrrole nitrogens is 1. The van der Waals surface area contributed by atoms with Gasteiger partial charge in [-0.1, -0.05) is 161 Å². The molecule has 0 saturated heterocycles. The van der Waals surface area contributed by atoms with Crippen molar-refractivity contribution in [2.75, 3.05) is 38.0 Å². The van der Waals surface area contributed by atoms with Gasteiger partial charge in [-0.3, -0.25) is 4.79 Å². The Bertz CT molecular complexity index is 3710. The number of carbonyl (C=O) groups excluding carboxylic acids is 1. The SMILES string of the molecule is CCc1ccc2cccc3c2c1Cc1c(ccc(O)c1OC)CC(Cc1cc[nH]c1)C(O)C1C(=O)C(c2cc(O)cc(C4(NC)CCCC(C5(c6ccccc6)CCCCC5)C4)c2)(C2CSSCC4CCCCC4Oc4cc2ccc4O)C(O)CC1CSSC3CO. The maximum Gasteiger partial charge on any atom is 0.164 e. The fourth-order valence-electron chi connectivity index (χ4n) is 18.3. The summed E-state index contributed by atoms with van der Waals surface area (Å²) in [6, 6.07) is 38.7. The van der Waals surface area contributed by atoms with Gasteiger partial charge in [0, 0.05) is 64.9 Å². The molecule has 2 bridgehead atoms. The van der Waals surface area contributed by atoms with Crippen LogP contribution in [0.3, 0.4) is 0 Å². The van der Waals surface area contributed by atoms with Gasteiger partial charge in [0.05, 0.1) is 36.6 Å². The average Bonchev–Trinajstić information content (AvgIpc) is 0.739. The minimum atomic E-state index is -1.77. The van der Waals surface area contributed by atoms with Crippen molar-refractivity contribution in [3.63, 3.8) is 0 Å². The van der Waals surface area contributed by atoms with E-state index < -0.39 is 46.8 Å². The number of methoxy groups -OCH3 is 1. The highest BCUT2D eigenvalue weighted by Crippen LogP contribution is 2.59. The lowest BCUT2D eigenvalue weighted by Crippen LogP contribution is -2.62. The molecular formula is C77H92N2O9S4. The molecule has 0 spiro atoms. The van der Waals surface area contributed by atoms with Gasteiger partial charge in [-0.05, 0) is 205 Å². The van der Waals surface area contributed by atoms with E-state index in [1.807, 2.05) is 55.8 Å². The van der Waals surface area contributed by atoms with Crippen LogP contribution in [-0.4, -0.2) is 97.7 Å². The molecule has 0 amide bonds. The Kier molecular flexibility index (Phi) is 20.1. The van der Waals surface area contributed by atoms with Crippen molar-refractivity contribution < 1.29 is 44.9 Å². The standard InChI is InChI=1S/C77H92N2O9S4/c1-4-48-22-23-49-16-13-20-60-68(43-80)92-91-45-54-36-69(84)77(63-46-90-89-44-52-15-9-10-21-66(52)88-67-35-51(63)25-26-64(67)82,58-37-57(38-59(81)39-58)76(78-2)31-14-19-56(41-76)75(29-11-6-12-30-75)55-17-7-5-8-18-55)74(86)71(54)72(85)53(33-47-28-32-79-42-47)34-50-24-27-65(83)73(87-3)62(50)40-61(48)70(49)60/h5,7-8,13,16-18,20,22-28,32,35,37-39,42,52-54,56,63,66,68-69,71-72,78-85H,4,6,9-12,14-15,19,21,29-31,33-34,36,40-41,43-46H2,1-3H3. The van der Waals surface area contributed by atoms with Gasteiger partial charge in [0.1, 0.15) is 11.9 Å². The number of benzene rings is 6. The highest BCUT2D eigenvalue weighted by Gasteiger charge is 2.62. The Labute approximate surface area is 559 Å². The molecule has 11 nitrogen and oxygen atoms in total. The number of aromatic nitrogens is 1. The van der Waals surface area contributed by atoms with E-state index in [9.17, 15) is 30.6 Å². The molecule has 4 saturated carbocycles. The van der Waals surface area contributed by atoms with E-state index in [1.54, 1.807) is 68.5 Å². The normalized spacial score (nSPS) is 29.7. The summed E-state index contributed by atoms with van der Waals surface area (Å²) in [5, 5.41) is 81.8. The van der Waals surface area contributed by atoms with Gasteiger partial charge in [-0.2, -0.15) is 0 Å². The molecule has 7 aromatic rings. The van der Waals surface area contributed by atoms with Crippen molar-refractivity contribution in [2.24, 2.45) is 29.6 Å². The third kappa shape index (κ3) is 12.3. The molecule has 12 atom stereocenters. The molecule has 3 heterocycles. The predicted octanol–water partition coefficient (Wildman–Crippen LogP) is 15.8. The van der Waals surface area contributed by atoms with Crippen LogP contribution in [0.5, 0.6) is 28.7 Å². The van der Waals surface area contributed by atoms with Crippen LogP contribution >= 0.6 is 43.2 Å². The molecule has 0 radical (unpaired) electrons.